The number of carbonyl (C=O) groups excluding carboxylic acids is 1. The number of halogens is 1. The van der Waals surface area contributed by atoms with E-state index in [1.807, 2.05) is 19.1 Å². The molecule has 0 bridgehead atoms. The molecule has 0 saturated carbocycles. The minimum Gasteiger partial charge on any atom is -0.493 e. The number of nitrogens with one attached hydrogen (secondary N) is 1. The second-order valence-electron chi connectivity index (χ2n) is 7.86. The Balaban J connectivity index is 1.90. The molecule has 4 rings (SSSR count). The number of hydrogen-bond acceptors (Lipinski definition) is 6. The monoisotopic (exact) mass is 446 g/mol. The number of fused-ring (bicyclic) bond motifs is 1. The van der Waals surface area contributed by atoms with E-state index in [0.717, 1.165) is 27.7 Å². The lowest BCUT2D eigenvalue weighted by Crippen LogP contribution is -2.36. The van der Waals surface area contributed by atoms with Crippen LogP contribution in [0.2, 0.25) is 0 Å². The number of ketones is 1. The van der Waals surface area contributed by atoms with Crippen molar-refractivity contribution in [3.8, 4) is 11.5 Å². The van der Waals surface area contributed by atoms with Gasteiger partial charge in [0.15, 0.2) is 17.3 Å². The van der Waals surface area contributed by atoms with Gasteiger partial charge >= 0.3 is 0 Å². The first-order valence-electron chi connectivity index (χ1n) is 9.27. The normalized spacial score (nSPS) is 20.3. The number of benzene rings is 1. The van der Waals surface area contributed by atoms with E-state index in [9.17, 15) is 4.79 Å². The third-order valence-corrected chi connectivity index (χ3v) is 5.72. The predicted molar refractivity (Wildman–Crippen MR) is 109 cm³/mol. The first-order chi connectivity index (χ1) is 13.3. The zero-order valence-electron chi connectivity index (χ0n) is 16.4. The molecule has 0 saturated heterocycles. The van der Waals surface area contributed by atoms with Crippen LogP contribution in [0.1, 0.15) is 45.2 Å². The van der Waals surface area contributed by atoms with Crippen LogP contribution in [-0.2, 0) is 4.79 Å². The van der Waals surface area contributed by atoms with Gasteiger partial charge in [-0.15, -0.1) is 0 Å². The molecule has 2 heterocycles. The summed E-state index contributed by atoms with van der Waals surface area (Å²) in [7, 11) is 1.61. The van der Waals surface area contributed by atoms with Crippen molar-refractivity contribution < 1.29 is 14.3 Å². The molecule has 0 fully saturated rings. The van der Waals surface area contributed by atoms with Crippen molar-refractivity contribution in [3.05, 3.63) is 39.8 Å². The lowest BCUT2D eigenvalue weighted by atomic mass is 9.73. The summed E-state index contributed by atoms with van der Waals surface area (Å²) in [5.74, 6) is 2.02. The van der Waals surface area contributed by atoms with Gasteiger partial charge in [0, 0.05) is 17.7 Å². The Bertz CT molecular complexity index is 980. The Hall–Kier alpha value is -2.35. The van der Waals surface area contributed by atoms with Crippen LogP contribution in [0.3, 0.4) is 0 Å². The van der Waals surface area contributed by atoms with Crippen LogP contribution >= 0.6 is 15.9 Å². The average Bonchev–Trinajstić information content (AvgIpc) is 3.08. The number of nitrogens with zero attached hydrogens (tertiary/aromatic N) is 3. The zero-order valence-corrected chi connectivity index (χ0v) is 18.0. The van der Waals surface area contributed by atoms with Gasteiger partial charge in [0.05, 0.1) is 18.2 Å². The van der Waals surface area contributed by atoms with Gasteiger partial charge in [-0.2, -0.15) is 10.1 Å². The number of ether oxygens (including phenoxy) is 2. The smallest absolute Gasteiger partial charge is 0.226 e. The van der Waals surface area contributed by atoms with E-state index in [2.05, 4.69) is 45.2 Å². The van der Waals surface area contributed by atoms with Crippen molar-refractivity contribution in [1.29, 1.82) is 0 Å². The molecule has 148 valence electrons. The Morgan fingerprint density at radius 2 is 2.14 bits per heavy atom. The number of anilines is 1. The molecule has 0 spiro atoms. The lowest BCUT2D eigenvalue weighted by molar-refractivity contribution is -0.118. The summed E-state index contributed by atoms with van der Waals surface area (Å²) in [5, 5.41) is 7.71. The molecule has 0 amide bonds. The van der Waals surface area contributed by atoms with Gasteiger partial charge in [-0.3, -0.25) is 4.79 Å². The summed E-state index contributed by atoms with van der Waals surface area (Å²) in [6, 6.07) is 3.51. The van der Waals surface area contributed by atoms with E-state index < -0.39 is 0 Å². The van der Waals surface area contributed by atoms with Crippen LogP contribution in [0, 0.1) is 5.41 Å². The molecule has 1 aliphatic heterocycles. The van der Waals surface area contributed by atoms with E-state index in [0.29, 0.717) is 30.5 Å². The molecule has 1 aromatic heterocycles. The number of allylic oxidation sites excluding steroid dienone is 2. The van der Waals surface area contributed by atoms with Gasteiger partial charge in [0.2, 0.25) is 5.95 Å². The molecule has 1 unspecified atom stereocenters. The topological polar surface area (TPSA) is 78.3 Å². The van der Waals surface area contributed by atoms with E-state index in [4.69, 9.17) is 9.47 Å². The van der Waals surface area contributed by atoms with Crippen LogP contribution in [0.25, 0.3) is 0 Å². The molecular formula is C20H23BrN4O3. The fourth-order valence-electron chi connectivity index (χ4n) is 4.04. The van der Waals surface area contributed by atoms with E-state index in [1.54, 1.807) is 11.8 Å². The van der Waals surface area contributed by atoms with Crippen LogP contribution in [0.15, 0.2) is 34.2 Å². The highest BCUT2D eigenvalue weighted by Crippen LogP contribution is 2.47. The third-order valence-electron chi connectivity index (χ3n) is 5.13. The zero-order chi connectivity index (χ0) is 20.1. The van der Waals surface area contributed by atoms with Crippen molar-refractivity contribution in [2.24, 2.45) is 5.41 Å². The Morgan fingerprint density at radius 3 is 2.86 bits per heavy atom. The van der Waals surface area contributed by atoms with Crippen molar-refractivity contribution in [2.45, 2.75) is 39.7 Å². The van der Waals surface area contributed by atoms with Gasteiger partial charge in [0.1, 0.15) is 12.4 Å². The molecule has 28 heavy (non-hydrogen) atoms. The first kappa shape index (κ1) is 19.0. The number of Topliss-reactive ketones (excluding diaryl/α,β-unsaturated/α-hetero) is 1. The quantitative estimate of drug-likeness (QED) is 0.761. The van der Waals surface area contributed by atoms with Crippen molar-refractivity contribution in [1.82, 2.24) is 14.8 Å². The lowest BCUT2D eigenvalue weighted by Gasteiger charge is -2.38. The summed E-state index contributed by atoms with van der Waals surface area (Å²) in [6.45, 7) is 6.67. The summed E-state index contributed by atoms with van der Waals surface area (Å²) in [6.07, 6.45) is 2.79. The van der Waals surface area contributed by atoms with Gasteiger partial charge in [-0.25, -0.2) is 4.68 Å². The SMILES string of the molecule is CCOc1c(Br)cc(C2C3=C(CC(C)(C)CC3=O)Nc3ncnn32)cc1OC. The highest BCUT2D eigenvalue weighted by molar-refractivity contribution is 9.10. The largest absolute Gasteiger partial charge is 0.493 e. The molecule has 8 heteroatoms. The maximum Gasteiger partial charge on any atom is 0.226 e. The number of methoxy groups -OCH3 is 1. The Kier molecular flexibility index (Phi) is 4.69. The van der Waals surface area contributed by atoms with Crippen molar-refractivity contribution in [2.75, 3.05) is 19.0 Å². The van der Waals surface area contributed by atoms with E-state index in [1.165, 1.54) is 6.33 Å². The first-order valence-corrected chi connectivity index (χ1v) is 10.1. The molecule has 1 N–H and O–H groups in total. The average molecular weight is 447 g/mol. The third kappa shape index (κ3) is 3.09. The summed E-state index contributed by atoms with van der Waals surface area (Å²) < 4.78 is 13.8. The summed E-state index contributed by atoms with van der Waals surface area (Å²) >= 11 is 3.59. The van der Waals surface area contributed by atoms with Crippen LogP contribution < -0.4 is 14.8 Å². The predicted octanol–water partition coefficient (Wildman–Crippen LogP) is 4.11. The highest BCUT2D eigenvalue weighted by Gasteiger charge is 2.41. The standard InChI is InChI=1S/C20H23BrN4O3/c1-5-28-18-12(21)6-11(7-15(18)27-4)17-16-13(8-20(2,3)9-14(16)26)24-19-22-10-23-25(17)19/h6-7,10,17H,5,8-9H2,1-4H3,(H,22,23,24). The maximum atomic E-state index is 13.1. The summed E-state index contributed by atoms with van der Waals surface area (Å²) in [4.78, 5) is 17.5. The Labute approximate surface area is 172 Å². The Morgan fingerprint density at radius 1 is 1.36 bits per heavy atom. The molecule has 1 aromatic carbocycles. The van der Waals surface area contributed by atoms with Gasteiger partial charge in [0.25, 0.3) is 0 Å². The fourth-order valence-corrected chi connectivity index (χ4v) is 4.61. The van der Waals surface area contributed by atoms with E-state index in [-0.39, 0.29) is 17.2 Å². The molecule has 1 atom stereocenters. The molecule has 1 aliphatic carbocycles. The molecule has 0 radical (unpaired) electrons. The fraction of sp³-hybridized carbons (Fsp3) is 0.450. The molecule has 2 aliphatic rings. The number of aromatic nitrogens is 3. The number of carbonyl (C=O) groups is 1. The number of hydrogen-bond donors (Lipinski definition) is 1. The molecule has 7 nitrogen and oxygen atoms in total. The maximum absolute atomic E-state index is 13.1. The van der Waals surface area contributed by atoms with Crippen LogP contribution in [0.4, 0.5) is 5.95 Å². The molecular weight excluding hydrogens is 424 g/mol. The second-order valence-corrected chi connectivity index (χ2v) is 8.71. The van der Waals surface area contributed by atoms with Gasteiger partial charge < -0.3 is 14.8 Å². The van der Waals surface area contributed by atoms with Crippen LogP contribution in [0.5, 0.6) is 11.5 Å². The number of rotatable bonds is 4. The van der Waals surface area contributed by atoms with Crippen molar-refractivity contribution in [3.63, 3.8) is 0 Å². The van der Waals surface area contributed by atoms with Gasteiger partial charge in [-0.05, 0) is 52.4 Å². The molecule has 2 aromatic rings. The van der Waals surface area contributed by atoms with Gasteiger partial charge in [-0.1, -0.05) is 13.8 Å². The minimum absolute atomic E-state index is 0.0905. The second kappa shape index (κ2) is 6.92. The van der Waals surface area contributed by atoms with Crippen molar-refractivity contribution >= 4 is 27.7 Å². The highest BCUT2D eigenvalue weighted by atomic mass is 79.9. The summed E-state index contributed by atoms with van der Waals surface area (Å²) in [5.41, 5.74) is 2.47. The van der Waals surface area contributed by atoms with E-state index >= 15 is 0 Å². The minimum atomic E-state index is -0.363. The van der Waals surface area contributed by atoms with Crippen LogP contribution in [-0.4, -0.2) is 34.3 Å².